The number of hydrogen-bond donors (Lipinski definition) is 1. The van der Waals surface area contributed by atoms with E-state index in [-0.39, 0.29) is 12.5 Å². The molecule has 20 heavy (non-hydrogen) atoms. The van der Waals surface area contributed by atoms with Crippen molar-refractivity contribution >= 4 is 22.9 Å². The minimum Gasteiger partial charge on any atom is -0.324 e. The Morgan fingerprint density at radius 3 is 2.85 bits per heavy atom. The van der Waals surface area contributed by atoms with E-state index < -0.39 is 0 Å². The standard InChI is InChI=1S/C13H11N5OS/c19-12(14-11-4-2-1-3-5-11)8-18-16-13(15-17-18)10-6-7-20-9-10/h1-7,9H,8H2,(H,14,19). The van der Waals surface area contributed by atoms with Crippen molar-refractivity contribution < 1.29 is 4.79 Å². The van der Waals surface area contributed by atoms with E-state index in [1.807, 2.05) is 47.2 Å². The van der Waals surface area contributed by atoms with Crippen LogP contribution >= 0.6 is 11.3 Å². The van der Waals surface area contributed by atoms with Gasteiger partial charge in [-0.05, 0) is 28.8 Å². The molecule has 0 aliphatic rings. The van der Waals surface area contributed by atoms with Crippen LogP contribution in [0.15, 0.2) is 47.2 Å². The predicted octanol–water partition coefficient (Wildman–Crippen LogP) is 2.04. The fourth-order valence-electron chi connectivity index (χ4n) is 1.67. The molecule has 0 spiro atoms. The van der Waals surface area contributed by atoms with Gasteiger partial charge in [0.05, 0.1) is 0 Å². The molecule has 1 aromatic carbocycles. The first kappa shape index (κ1) is 12.5. The Labute approximate surface area is 119 Å². The van der Waals surface area contributed by atoms with Crippen LogP contribution in [0, 0.1) is 0 Å². The lowest BCUT2D eigenvalue weighted by molar-refractivity contribution is -0.117. The summed E-state index contributed by atoms with van der Waals surface area (Å²) in [4.78, 5) is 13.1. The number of thiophene rings is 1. The molecule has 2 heterocycles. The molecule has 1 amide bonds. The number of benzene rings is 1. The number of hydrogen-bond acceptors (Lipinski definition) is 5. The Balaban J connectivity index is 1.65. The van der Waals surface area contributed by atoms with Gasteiger partial charge in [0.2, 0.25) is 11.7 Å². The van der Waals surface area contributed by atoms with E-state index in [2.05, 4.69) is 20.7 Å². The Morgan fingerprint density at radius 1 is 1.25 bits per heavy atom. The van der Waals surface area contributed by atoms with Gasteiger partial charge in [-0.25, -0.2) is 0 Å². The monoisotopic (exact) mass is 285 g/mol. The van der Waals surface area contributed by atoms with Crippen LogP contribution in [0.3, 0.4) is 0 Å². The lowest BCUT2D eigenvalue weighted by Crippen LogP contribution is -2.20. The number of carbonyl (C=O) groups is 1. The van der Waals surface area contributed by atoms with E-state index in [1.165, 1.54) is 4.80 Å². The highest BCUT2D eigenvalue weighted by Gasteiger charge is 2.09. The Bertz CT molecular complexity index is 693. The summed E-state index contributed by atoms with van der Waals surface area (Å²) in [5.74, 6) is 0.337. The molecule has 3 rings (SSSR count). The summed E-state index contributed by atoms with van der Waals surface area (Å²) in [5, 5.41) is 18.6. The minimum atomic E-state index is -0.189. The zero-order chi connectivity index (χ0) is 13.8. The summed E-state index contributed by atoms with van der Waals surface area (Å²) in [6.07, 6.45) is 0. The molecule has 1 N–H and O–H groups in total. The van der Waals surface area contributed by atoms with Crippen molar-refractivity contribution in [3.05, 3.63) is 47.2 Å². The second-order valence-corrected chi connectivity index (χ2v) is 4.85. The molecule has 0 bridgehead atoms. The van der Waals surface area contributed by atoms with E-state index in [9.17, 15) is 4.79 Å². The summed E-state index contributed by atoms with van der Waals surface area (Å²) in [6.45, 7) is 0.0338. The number of para-hydroxylation sites is 1. The van der Waals surface area contributed by atoms with Crippen LogP contribution in [0.4, 0.5) is 5.69 Å². The van der Waals surface area contributed by atoms with Gasteiger partial charge < -0.3 is 5.32 Å². The largest absolute Gasteiger partial charge is 0.324 e. The van der Waals surface area contributed by atoms with Gasteiger partial charge >= 0.3 is 0 Å². The second kappa shape index (κ2) is 5.62. The van der Waals surface area contributed by atoms with Gasteiger partial charge in [0.1, 0.15) is 6.54 Å². The maximum atomic E-state index is 11.8. The Hall–Kier alpha value is -2.54. The van der Waals surface area contributed by atoms with E-state index in [0.29, 0.717) is 5.82 Å². The summed E-state index contributed by atoms with van der Waals surface area (Å²) < 4.78 is 0. The predicted molar refractivity (Wildman–Crippen MR) is 76.2 cm³/mol. The average Bonchev–Trinajstić information content (AvgIpc) is 3.10. The van der Waals surface area contributed by atoms with E-state index in [0.717, 1.165) is 11.3 Å². The number of aromatic nitrogens is 4. The van der Waals surface area contributed by atoms with Crippen LogP contribution < -0.4 is 5.32 Å². The van der Waals surface area contributed by atoms with Gasteiger partial charge in [-0.2, -0.15) is 16.1 Å². The Kier molecular flexibility index (Phi) is 3.51. The minimum absolute atomic E-state index is 0.0338. The van der Waals surface area contributed by atoms with Crippen LogP contribution in [-0.2, 0) is 11.3 Å². The fourth-order valence-corrected chi connectivity index (χ4v) is 2.30. The first-order valence-electron chi connectivity index (χ1n) is 5.96. The third kappa shape index (κ3) is 2.89. The zero-order valence-corrected chi connectivity index (χ0v) is 11.2. The van der Waals surface area contributed by atoms with Gasteiger partial charge in [0.25, 0.3) is 0 Å². The van der Waals surface area contributed by atoms with E-state index in [1.54, 1.807) is 11.3 Å². The van der Waals surface area contributed by atoms with Crippen molar-refractivity contribution in [2.45, 2.75) is 6.54 Å². The van der Waals surface area contributed by atoms with Crippen LogP contribution in [0.1, 0.15) is 0 Å². The fraction of sp³-hybridized carbons (Fsp3) is 0.0769. The summed E-state index contributed by atoms with van der Waals surface area (Å²) in [7, 11) is 0. The molecule has 6 nitrogen and oxygen atoms in total. The number of nitrogens with one attached hydrogen (secondary N) is 1. The number of nitrogens with zero attached hydrogens (tertiary/aromatic N) is 4. The zero-order valence-electron chi connectivity index (χ0n) is 10.4. The summed E-state index contributed by atoms with van der Waals surface area (Å²) in [6, 6.07) is 11.2. The van der Waals surface area contributed by atoms with Crippen molar-refractivity contribution in [3.63, 3.8) is 0 Å². The first-order chi connectivity index (χ1) is 9.81. The molecule has 0 aliphatic carbocycles. The van der Waals surface area contributed by atoms with Crippen LogP contribution in [0.25, 0.3) is 11.4 Å². The van der Waals surface area contributed by atoms with Crippen molar-refractivity contribution in [2.24, 2.45) is 0 Å². The highest BCUT2D eigenvalue weighted by Crippen LogP contribution is 2.16. The maximum Gasteiger partial charge on any atom is 0.248 e. The molecule has 100 valence electrons. The lowest BCUT2D eigenvalue weighted by Gasteiger charge is -2.03. The quantitative estimate of drug-likeness (QED) is 0.796. The lowest BCUT2D eigenvalue weighted by atomic mass is 10.3. The molecule has 0 saturated carbocycles. The highest BCUT2D eigenvalue weighted by molar-refractivity contribution is 7.08. The number of amides is 1. The second-order valence-electron chi connectivity index (χ2n) is 4.07. The molecule has 0 saturated heterocycles. The van der Waals surface area contributed by atoms with Crippen molar-refractivity contribution in [1.82, 2.24) is 20.2 Å². The third-order valence-corrected chi connectivity index (χ3v) is 3.26. The number of anilines is 1. The normalized spacial score (nSPS) is 10.4. The number of tetrazole rings is 1. The van der Waals surface area contributed by atoms with Crippen molar-refractivity contribution in [1.29, 1.82) is 0 Å². The Morgan fingerprint density at radius 2 is 2.10 bits per heavy atom. The van der Waals surface area contributed by atoms with Crippen molar-refractivity contribution in [2.75, 3.05) is 5.32 Å². The van der Waals surface area contributed by atoms with Gasteiger partial charge in [-0.1, -0.05) is 18.2 Å². The molecule has 0 unspecified atom stereocenters. The number of carbonyl (C=O) groups excluding carboxylic acids is 1. The van der Waals surface area contributed by atoms with E-state index in [4.69, 9.17) is 0 Å². The summed E-state index contributed by atoms with van der Waals surface area (Å²) in [5.41, 5.74) is 1.65. The van der Waals surface area contributed by atoms with Gasteiger partial charge in [0.15, 0.2) is 0 Å². The number of rotatable bonds is 4. The maximum absolute atomic E-state index is 11.8. The first-order valence-corrected chi connectivity index (χ1v) is 6.91. The highest BCUT2D eigenvalue weighted by atomic mass is 32.1. The SMILES string of the molecule is O=C(Cn1nnc(-c2ccsc2)n1)Nc1ccccc1. The van der Waals surface area contributed by atoms with Crippen LogP contribution in [0.5, 0.6) is 0 Å². The third-order valence-electron chi connectivity index (χ3n) is 2.57. The molecule has 0 radical (unpaired) electrons. The van der Waals surface area contributed by atoms with Gasteiger partial charge in [-0.15, -0.1) is 10.2 Å². The molecular formula is C13H11N5OS. The molecule has 0 atom stereocenters. The molecule has 7 heteroatoms. The molecule has 2 aromatic heterocycles. The van der Waals surface area contributed by atoms with Crippen LogP contribution in [0.2, 0.25) is 0 Å². The topological polar surface area (TPSA) is 72.7 Å². The van der Waals surface area contributed by atoms with Crippen LogP contribution in [-0.4, -0.2) is 26.1 Å². The smallest absolute Gasteiger partial charge is 0.248 e. The van der Waals surface area contributed by atoms with Gasteiger partial charge in [0, 0.05) is 16.6 Å². The average molecular weight is 285 g/mol. The molecule has 0 aliphatic heterocycles. The molecule has 0 fully saturated rings. The van der Waals surface area contributed by atoms with Gasteiger partial charge in [-0.3, -0.25) is 4.79 Å². The van der Waals surface area contributed by atoms with E-state index >= 15 is 0 Å². The molecule has 3 aromatic rings. The van der Waals surface area contributed by atoms with Crippen molar-refractivity contribution in [3.8, 4) is 11.4 Å². The molecular weight excluding hydrogens is 274 g/mol. The summed E-state index contributed by atoms with van der Waals surface area (Å²) >= 11 is 1.56.